The van der Waals surface area contributed by atoms with Gasteiger partial charge in [-0.25, -0.2) is 4.39 Å². The monoisotopic (exact) mass is 326 g/mol. The van der Waals surface area contributed by atoms with Gasteiger partial charge in [-0.05, 0) is 30.0 Å². The highest BCUT2D eigenvalue weighted by molar-refractivity contribution is 5.85. The van der Waals surface area contributed by atoms with E-state index in [4.69, 9.17) is 0 Å². The summed E-state index contributed by atoms with van der Waals surface area (Å²) in [5, 5.41) is 3.31. The lowest BCUT2D eigenvalue weighted by molar-refractivity contribution is -0.135. The van der Waals surface area contributed by atoms with Crippen LogP contribution in [0.3, 0.4) is 0 Å². The molecule has 0 aromatic heterocycles. The molecule has 1 aromatic rings. The van der Waals surface area contributed by atoms with Crippen LogP contribution in [0.5, 0.6) is 0 Å². The van der Waals surface area contributed by atoms with E-state index in [2.05, 4.69) is 5.32 Å². The molecular weight excluding hydrogens is 303 g/mol. The summed E-state index contributed by atoms with van der Waals surface area (Å²) >= 11 is 0. The van der Waals surface area contributed by atoms with Crippen molar-refractivity contribution in [1.82, 2.24) is 10.2 Å². The molecule has 1 aliphatic heterocycles. The number of rotatable bonds is 4. The van der Waals surface area contributed by atoms with Gasteiger partial charge in [0.05, 0.1) is 6.04 Å². The second-order valence-corrected chi connectivity index (χ2v) is 6.20. The Morgan fingerprint density at radius 1 is 1.36 bits per heavy atom. The minimum atomic E-state index is -0.236. The molecule has 1 atom stereocenters. The zero-order valence-electron chi connectivity index (χ0n) is 12.8. The van der Waals surface area contributed by atoms with E-state index < -0.39 is 0 Å². The van der Waals surface area contributed by atoms with E-state index in [1.54, 1.807) is 12.1 Å². The van der Waals surface area contributed by atoms with Crippen LogP contribution in [0.25, 0.3) is 0 Å². The molecule has 1 aliphatic carbocycles. The van der Waals surface area contributed by atoms with Crippen LogP contribution < -0.4 is 5.32 Å². The molecule has 22 heavy (non-hydrogen) atoms. The molecule has 1 N–H and O–H groups in total. The van der Waals surface area contributed by atoms with Crippen LogP contribution in [-0.2, 0) is 4.79 Å². The summed E-state index contributed by atoms with van der Waals surface area (Å²) < 4.78 is 13.4. The Labute approximate surface area is 137 Å². The van der Waals surface area contributed by atoms with E-state index >= 15 is 0 Å². The quantitative estimate of drug-likeness (QED) is 0.920. The average Bonchev–Trinajstić information content (AvgIpc) is 2.45. The number of hydrogen-bond acceptors (Lipinski definition) is 2. The third-order valence-corrected chi connectivity index (χ3v) is 4.79. The van der Waals surface area contributed by atoms with Gasteiger partial charge >= 0.3 is 0 Å². The van der Waals surface area contributed by atoms with Gasteiger partial charge in [-0.1, -0.05) is 31.4 Å². The molecule has 5 heteroatoms. The molecule has 1 amide bonds. The Kier molecular flexibility index (Phi) is 6.21. The van der Waals surface area contributed by atoms with Crippen molar-refractivity contribution in [3.8, 4) is 0 Å². The maximum Gasteiger partial charge on any atom is 0.223 e. The minimum Gasteiger partial charge on any atom is -0.333 e. The summed E-state index contributed by atoms with van der Waals surface area (Å²) in [6, 6.07) is 6.58. The molecule has 3 rings (SSSR count). The van der Waals surface area contributed by atoms with Crippen molar-refractivity contribution >= 4 is 18.3 Å². The van der Waals surface area contributed by atoms with E-state index in [-0.39, 0.29) is 30.2 Å². The maximum atomic E-state index is 13.4. The lowest BCUT2D eigenvalue weighted by Crippen LogP contribution is -2.48. The fraction of sp³-hybridized carbons (Fsp3) is 0.588. The second kappa shape index (κ2) is 7.93. The van der Waals surface area contributed by atoms with E-state index in [0.717, 1.165) is 24.4 Å². The summed E-state index contributed by atoms with van der Waals surface area (Å²) in [5.74, 6) is 0.738. The average molecular weight is 327 g/mol. The normalized spacial score (nSPS) is 21.9. The molecule has 0 radical (unpaired) electrons. The van der Waals surface area contributed by atoms with Crippen LogP contribution in [-0.4, -0.2) is 30.4 Å². The van der Waals surface area contributed by atoms with Gasteiger partial charge in [0.2, 0.25) is 5.91 Å². The van der Waals surface area contributed by atoms with E-state index in [1.165, 1.54) is 25.3 Å². The van der Waals surface area contributed by atoms with Crippen molar-refractivity contribution in [1.29, 1.82) is 0 Å². The molecule has 1 saturated heterocycles. The predicted molar refractivity (Wildman–Crippen MR) is 87.5 cm³/mol. The van der Waals surface area contributed by atoms with Crippen LogP contribution >= 0.6 is 12.4 Å². The van der Waals surface area contributed by atoms with E-state index in [9.17, 15) is 9.18 Å². The maximum absolute atomic E-state index is 13.4. The number of amides is 1. The number of piperazine rings is 1. The lowest BCUT2D eigenvalue weighted by atomic mass is 9.82. The molecular formula is C17H24ClFN2O. The number of carbonyl (C=O) groups excluding carboxylic acids is 1. The Morgan fingerprint density at radius 3 is 2.86 bits per heavy atom. The fourth-order valence-electron chi connectivity index (χ4n) is 3.27. The molecule has 0 spiro atoms. The molecule has 1 saturated carbocycles. The number of hydrogen-bond donors (Lipinski definition) is 1. The van der Waals surface area contributed by atoms with Gasteiger partial charge in [-0.2, -0.15) is 0 Å². The Balaban J connectivity index is 0.00000176. The number of nitrogens with one attached hydrogen (secondary N) is 1. The molecule has 0 bridgehead atoms. The Bertz CT molecular complexity index is 507. The highest BCUT2D eigenvalue weighted by Crippen LogP contribution is 2.31. The van der Waals surface area contributed by atoms with Gasteiger partial charge in [-0.15, -0.1) is 12.4 Å². The number of nitrogens with zero attached hydrogens (tertiary/aromatic N) is 1. The zero-order valence-corrected chi connectivity index (χ0v) is 13.6. The van der Waals surface area contributed by atoms with Crippen molar-refractivity contribution < 1.29 is 9.18 Å². The van der Waals surface area contributed by atoms with Gasteiger partial charge < -0.3 is 10.2 Å². The first-order valence-electron chi connectivity index (χ1n) is 7.99. The van der Waals surface area contributed by atoms with E-state index in [1.807, 2.05) is 11.0 Å². The van der Waals surface area contributed by atoms with Gasteiger partial charge in [0.15, 0.2) is 0 Å². The molecule has 3 nitrogen and oxygen atoms in total. The Hall–Kier alpha value is -1.13. The first-order chi connectivity index (χ1) is 10.2. The van der Waals surface area contributed by atoms with Gasteiger partial charge in [-0.3, -0.25) is 4.79 Å². The van der Waals surface area contributed by atoms with Crippen molar-refractivity contribution in [3.05, 3.63) is 35.6 Å². The van der Waals surface area contributed by atoms with Crippen molar-refractivity contribution in [3.63, 3.8) is 0 Å². The summed E-state index contributed by atoms with van der Waals surface area (Å²) in [5.41, 5.74) is 0.888. The highest BCUT2D eigenvalue weighted by atomic mass is 35.5. The minimum absolute atomic E-state index is 0. The first-order valence-corrected chi connectivity index (χ1v) is 7.99. The SMILES string of the molecule is Cl.O=C(CCC1CCC1)N1CCNCC1c1cccc(F)c1. The predicted octanol–water partition coefficient (Wildman–Crippen LogP) is 3.30. The smallest absolute Gasteiger partial charge is 0.223 e. The molecule has 2 fully saturated rings. The topological polar surface area (TPSA) is 32.3 Å². The summed E-state index contributed by atoms with van der Waals surface area (Å²) in [6.07, 6.45) is 5.53. The van der Waals surface area contributed by atoms with Crippen molar-refractivity contribution in [2.45, 2.75) is 38.1 Å². The summed E-state index contributed by atoms with van der Waals surface area (Å²) in [7, 11) is 0. The van der Waals surface area contributed by atoms with E-state index in [0.29, 0.717) is 19.5 Å². The second-order valence-electron chi connectivity index (χ2n) is 6.20. The standard InChI is InChI=1S/C17H23FN2O.ClH/c18-15-6-2-5-14(11-15)16-12-19-9-10-20(16)17(21)8-7-13-3-1-4-13;/h2,5-6,11,13,16,19H,1,3-4,7-10,12H2;1H. The molecule has 1 heterocycles. The van der Waals surface area contributed by atoms with Crippen molar-refractivity contribution in [2.75, 3.05) is 19.6 Å². The lowest BCUT2D eigenvalue weighted by Gasteiger charge is -2.37. The number of halogens is 2. The number of carbonyl (C=O) groups is 1. The summed E-state index contributed by atoms with van der Waals surface area (Å²) in [4.78, 5) is 14.5. The van der Waals surface area contributed by atoms with Crippen LogP contribution in [0.15, 0.2) is 24.3 Å². The first kappa shape index (κ1) is 17.2. The van der Waals surface area contributed by atoms with Crippen LogP contribution in [0.2, 0.25) is 0 Å². The molecule has 122 valence electrons. The molecule has 2 aliphatic rings. The van der Waals surface area contributed by atoms with Crippen molar-refractivity contribution in [2.24, 2.45) is 5.92 Å². The van der Waals surface area contributed by atoms with Crippen LogP contribution in [0.1, 0.15) is 43.7 Å². The largest absolute Gasteiger partial charge is 0.333 e. The van der Waals surface area contributed by atoms with Crippen LogP contribution in [0.4, 0.5) is 4.39 Å². The van der Waals surface area contributed by atoms with Gasteiger partial charge in [0, 0.05) is 26.1 Å². The molecule has 1 unspecified atom stereocenters. The van der Waals surface area contributed by atoms with Gasteiger partial charge in [0.25, 0.3) is 0 Å². The fourth-order valence-corrected chi connectivity index (χ4v) is 3.27. The summed E-state index contributed by atoms with van der Waals surface area (Å²) in [6.45, 7) is 2.24. The van der Waals surface area contributed by atoms with Gasteiger partial charge in [0.1, 0.15) is 5.82 Å². The third kappa shape index (κ3) is 3.99. The number of benzene rings is 1. The zero-order chi connectivity index (χ0) is 14.7. The van der Waals surface area contributed by atoms with Crippen LogP contribution in [0, 0.1) is 11.7 Å². The third-order valence-electron chi connectivity index (χ3n) is 4.79. The molecule has 1 aromatic carbocycles. The Morgan fingerprint density at radius 2 is 2.18 bits per heavy atom. The highest BCUT2D eigenvalue weighted by Gasteiger charge is 2.28.